The summed E-state index contributed by atoms with van der Waals surface area (Å²) < 4.78 is 10.3. The van der Waals surface area contributed by atoms with Gasteiger partial charge in [0.1, 0.15) is 16.5 Å². The number of aromatic nitrogens is 3. The molecule has 0 radical (unpaired) electrons. The van der Waals surface area contributed by atoms with E-state index in [0.29, 0.717) is 41.5 Å². The number of ether oxygens (including phenoxy) is 2. The third kappa shape index (κ3) is 9.58. The van der Waals surface area contributed by atoms with E-state index in [0.717, 1.165) is 41.2 Å². The lowest BCUT2D eigenvalue weighted by Crippen LogP contribution is -2.13. The topological polar surface area (TPSA) is 94.5 Å². The Bertz CT molecular complexity index is 2210. The first-order chi connectivity index (χ1) is 26.9. The van der Waals surface area contributed by atoms with Gasteiger partial charge in [0, 0.05) is 46.8 Å². The van der Waals surface area contributed by atoms with E-state index in [1.165, 1.54) is 40.6 Å². The molecule has 0 bridgehead atoms. The fourth-order valence-electron chi connectivity index (χ4n) is 6.60. The molecule has 9 heteroatoms. The maximum atomic E-state index is 11.5. The van der Waals surface area contributed by atoms with Crippen LogP contribution < -0.4 is 14.4 Å². The molecule has 0 aliphatic heterocycles. The van der Waals surface area contributed by atoms with Crippen molar-refractivity contribution >= 4 is 40.7 Å². The van der Waals surface area contributed by atoms with Gasteiger partial charge < -0.3 is 14.4 Å². The Labute approximate surface area is 334 Å². The van der Waals surface area contributed by atoms with Gasteiger partial charge in [0.25, 0.3) is 12.9 Å². The van der Waals surface area contributed by atoms with E-state index in [2.05, 4.69) is 113 Å². The minimum Gasteiger partial charge on any atom is -0.429 e. The second-order valence-corrected chi connectivity index (χ2v) is 17.0. The van der Waals surface area contributed by atoms with Crippen LogP contribution >= 0.6 is 11.3 Å². The Morgan fingerprint density at radius 2 is 1.16 bits per heavy atom. The lowest BCUT2D eigenvalue weighted by atomic mass is 9.87. The maximum absolute atomic E-state index is 11.5. The largest absolute Gasteiger partial charge is 0.429 e. The van der Waals surface area contributed by atoms with Gasteiger partial charge in [-0.25, -0.2) is 4.98 Å². The van der Waals surface area contributed by atoms with Gasteiger partial charge in [-0.15, -0.1) is 11.3 Å². The average Bonchev–Trinajstić information content (AvgIpc) is 3.60. The molecule has 0 atom stereocenters. The van der Waals surface area contributed by atoms with Gasteiger partial charge in [0.15, 0.2) is 0 Å². The van der Waals surface area contributed by atoms with Crippen LogP contribution in [0.3, 0.4) is 0 Å². The van der Waals surface area contributed by atoms with Crippen LogP contribution in [0.2, 0.25) is 0 Å². The molecule has 4 heterocycles. The third-order valence-electron chi connectivity index (χ3n) is 9.74. The molecule has 0 fully saturated rings. The predicted octanol–water partition coefficient (Wildman–Crippen LogP) is 12.2. The summed E-state index contributed by atoms with van der Waals surface area (Å²) in [6.45, 7) is 16.4. The van der Waals surface area contributed by atoms with Gasteiger partial charge in [-0.2, -0.15) is 0 Å². The number of benzene rings is 2. The van der Waals surface area contributed by atoms with Crippen molar-refractivity contribution in [3.63, 3.8) is 0 Å². The molecule has 2 aromatic carbocycles. The first-order valence-electron chi connectivity index (χ1n) is 19.2. The highest BCUT2D eigenvalue weighted by atomic mass is 32.1. The summed E-state index contributed by atoms with van der Waals surface area (Å²) in [4.78, 5) is 40.0. The third-order valence-corrected chi connectivity index (χ3v) is 11.0. The van der Waals surface area contributed by atoms with Crippen LogP contribution in [0, 0.1) is 0 Å². The van der Waals surface area contributed by atoms with Gasteiger partial charge >= 0.3 is 0 Å². The highest BCUT2D eigenvalue weighted by molar-refractivity contribution is 7.19. The molecule has 8 nitrogen and oxygen atoms in total. The smallest absolute Gasteiger partial charge is 0.298 e. The van der Waals surface area contributed by atoms with Crippen molar-refractivity contribution in [1.82, 2.24) is 15.0 Å². The fourth-order valence-corrected chi connectivity index (χ4v) is 7.85. The number of nitrogens with zero attached hydrogens (tertiary/aromatic N) is 4. The van der Waals surface area contributed by atoms with Crippen molar-refractivity contribution in [3.8, 4) is 44.7 Å². The van der Waals surface area contributed by atoms with Crippen LogP contribution in [-0.2, 0) is 26.8 Å². The number of pyridine rings is 3. The fraction of sp³-hybridized carbons (Fsp3) is 0.298. The number of hydrogen-bond acceptors (Lipinski definition) is 9. The molecule has 0 saturated heterocycles. The molecule has 0 N–H and O–H groups in total. The molecule has 6 aromatic rings. The van der Waals surface area contributed by atoms with Gasteiger partial charge in [-0.3, -0.25) is 19.6 Å². The number of aryl methyl sites for hydroxylation is 1. The highest BCUT2D eigenvalue weighted by Crippen LogP contribution is 2.46. The number of unbranched alkanes of at least 4 members (excludes halogenated alkanes) is 3. The van der Waals surface area contributed by atoms with E-state index in [1.807, 2.05) is 12.1 Å². The molecule has 56 heavy (non-hydrogen) atoms. The lowest BCUT2D eigenvalue weighted by molar-refractivity contribution is -0.121. The van der Waals surface area contributed by atoms with Crippen LogP contribution in [0.25, 0.3) is 33.2 Å². The zero-order valence-corrected chi connectivity index (χ0v) is 34.2. The van der Waals surface area contributed by atoms with E-state index in [9.17, 15) is 9.59 Å². The Kier molecular flexibility index (Phi) is 12.4. The molecule has 0 aliphatic carbocycles. The summed E-state index contributed by atoms with van der Waals surface area (Å²) in [5.74, 6) is 0.607. The predicted molar refractivity (Wildman–Crippen MR) is 227 cm³/mol. The van der Waals surface area contributed by atoms with E-state index in [1.54, 1.807) is 41.8 Å². The quantitative estimate of drug-likeness (QED) is 0.0753. The molecule has 288 valence electrons. The van der Waals surface area contributed by atoms with E-state index < -0.39 is 0 Å². The summed E-state index contributed by atoms with van der Waals surface area (Å²) in [7, 11) is 0. The Hall–Kier alpha value is -5.67. The van der Waals surface area contributed by atoms with Crippen LogP contribution in [0.5, 0.6) is 11.5 Å². The van der Waals surface area contributed by atoms with E-state index in [4.69, 9.17) is 19.4 Å². The zero-order chi connectivity index (χ0) is 39.9. The van der Waals surface area contributed by atoms with Crippen molar-refractivity contribution in [2.24, 2.45) is 0 Å². The van der Waals surface area contributed by atoms with Crippen LogP contribution in [-0.4, -0.2) is 27.9 Å². The van der Waals surface area contributed by atoms with Crippen molar-refractivity contribution < 1.29 is 19.1 Å². The molecular formula is C47H50N4O4S. The van der Waals surface area contributed by atoms with E-state index in [-0.39, 0.29) is 16.6 Å². The number of carbonyl (C=O) groups excluding carboxylic acids is 2. The molecule has 0 aliphatic rings. The van der Waals surface area contributed by atoms with Crippen molar-refractivity contribution in [1.29, 1.82) is 0 Å². The number of anilines is 3. The van der Waals surface area contributed by atoms with E-state index >= 15 is 0 Å². The van der Waals surface area contributed by atoms with Gasteiger partial charge in [0.2, 0.25) is 0 Å². The van der Waals surface area contributed by atoms with Crippen LogP contribution in [0.15, 0.2) is 103 Å². The molecular weight excluding hydrogens is 717 g/mol. The summed E-state index contributed by atoms with van der Waals surface area (Å²) in [6, 6.07) is 30.8. The molecule has 0 amide bonds. The number of hydrogen-bond donors (Lipinski definition) is 0. The minimum atomic E-state index is 0.0400. The molecule has 4 aromatic heterocycles. The zero-order valence-electron chi connectivity index (χ0n) is 33.3. The van der Waals surface area contributed by atoms with Crippen molar-refractivity contribution in [2.45, 2.75) is 91.4 Å². The highest BCUT2D eigenvalue weighted by Gasteiger charge is 2.22. The second kappa shape index (κ2) is 17.4. The maximum Gasteiger partial charge on any atom is 0.298 e. The lowest BCUT2D eigenvalue weighted by Gasteiger charge is -2.27. The first-order valence-corrected chi connectivity index (χ1v) is 20.0. The summed E-state index contributed by atoms with van der Waals surface area (Å²) in [5, 5.41) is 1.13. The van der Waals surface area contributed by atoms with Gasteiger partial charge in [-0.05, 0) is 94.5 Å². The molecule has 0 saturated carbocycles. The van der Waals surface area contributed by atoms with Crippen molar-refractivity contribution in [3.05, 3.63) is 120 Å². The van der Waals surface area contributed by atoms with Crippen molar-refractivity contribution in [2.75, 3.05) is 4.90 Å². The number of thiophene rings is 1. The summed E-state index contributed by atoms with van der Waals surface area (Å²) in [5.41, 5.74) is 9.15. The Balaban J connectivity index is 1.46. The summed E-state index contributed by atoms with van der Waals surface area (Å²) in [6.07, 6.45) is 8.89. The van der Waals surface area contributed by atoms with Gasteiger partial charge in [-0.1, -0.05) is 92.0 Å². The second-order valence-electron chi connectivity index (χ2n) is 16.0. The molecule has 0 unspecified atom stereocenters. The minimum absolute atomic E-state index is 0.0400. The first kappa shape index (κ1) is 40.0. The standard InChI is InChI=1S/C47H50N4O4S/c1-8-9-10-11-12-32-26-44(51(36-17-13-34(14-18-36)46(2,3)4)37-19-15-35(16-20-37)47(5,6)7)56-45(32)33-21-23-48-40(25-33)42-28-39(55-31-53)29-43(50-42)41-27-38(54-30-52)22-24-49-41/h13-31H,8-12H2,1-7H3. The van der Waals surface area contributed by atoms with Gasteiger partial charge in [0.05, 0.1) is 22.8 Å². The average molecular weight is 767 g/mol. The van der Waals surface area contributed by atoms with Crippen LogP contribution in [0.4, 0.5) is 16.4 Å². The monoisotopic (exact) mass is 766 g/mol. The molecule has 0 spiro atoms. The number of carbonyl (C=O) groups is 2. The molecule has 6 rings (SSSR count). The Morgan fingerprint density at radius 3 is 1.71 bits per heavy atom. The van der Waals surface area contributed by atoms with Crippen LogP contribution in [0.1, 0.15) is 90.8 Å². The number of rotatable bonds is 15. The Morgan fingerprint density at radius 1 is 0.625 bits per heavy atom. The normalized spacial score (nSPS) is 11.6. The SMILES string of the molecule is CCCCCCc1cc(N(c2ccc(C(C)(C)C)cc2)c2ccc(C(C)(C)C)cc2)sc1-c1ccnc(-c2cc(OC=O)cc(-c3cc(OC=O)ccn3)n2)c1. The summed E-state index contributed by atoms with van der Waals surface area (Å²) >= 11 is 1.77.